The number of nitrogens with two attached hydrogens (primary N) is 1. The van der Waals surface area contributed by atoms with E-state index < -0.39 is 20.9 Å². The molecule has 0 atom stereocenters. The van der Waals surface area contributed by atoms with Gasteiger partial charge in [0.1, 0.15) is 16.4 Å². The molecule has 0 bridgehead atoms. The minimum atomic E-state index is -3.53. The molecule has 1 fully saturated rings. The van der Waals surface area contributed by atoms with E-state index in [0.717, 1.165) is 6.07 Å². The van der Waals surface area contributed by atoms with Crippen molar-refractivity contribution in [1.82, 2.24) is 5.16 Å². The van der Waals surface area contributed by atoms with Gasteiger partial charge in [-0.3, -0.25) is 0 Å². The number of halogens is 1. The average molecular weight is 282 g/mol. The summed E-state index contributed by atoms with van der Waals surface area (Å²) in [7, 11) is -3.53. The molecule has 1 aliphatic carbocycles. The summed E-state index contributed by atoms with van der Waals surface area (Å²) in [6.07, 6.45) is 1.20. The summed E-state index contributed by atoms with van der Waals surface area (Å²) in [6, 6.07) is 5.34. The number of anilines is 1. The summed E-state index contributed by atoms with van der Waals surface area (Å²) in [6.45, 7) is 0. The predicted octanol–water partition coefficient (Wildman–Crippen LogP) is 2.00. The standard InChI is InChI=1S/C12H11FN2O3S/c13-9-5-7(10-6-12(14)18-15-10)1-4-11(9)19(16,17)8-2-3-8/h1,4-6,8H,2-3,14H2. The van der Waals surface area contributed by atoms with E-state index in [9.17, 15) is 12.8 Å². The van der Waals surface area contributed by atoms with E-state index in [1.807, 2.05) is 0 Å². The molecule has 0 spiro atoms. The number of aromatic nitrogens is 1. The Kier molecular flexibility index (Phi) is 2.60. The van der Waals surface area contributed by atoms with Crippen LogP contribution in [0.1, 0.15) is 12.8 Å². The number of nitrogens with zero attached hydrogens (tertiary/aromatic N) is 1. The Bertz CT molecular complexity index is 735. The van der Waals surface area contributed by atoms with Gasteiger partial charge < -0.3 is 10.3 Å². The molecule has 1 aromatic heterocycles. The van der Waals surface area contributed by atoms with Crippen molar-refractivity contribution < 1.29 is 17.3 Å². The van der Waals surface area contributed by atoms with E-state index in [2.05, 4.69) is 5.16 Å². The maximum atomic E-state index is 14.0. The molecule has 1 aromatic carbocycles. The van der Waals surface area contributed by atoms with Crippen LogP contribution in [0.25, 0.3) is 11.3 Å². The fourth-order valence-corrected chi connectivity index (χ4v) is 3.58. The zero-order valence-corrected chi connectivity index (χ0v) is 10.7. The van der Waals surface area contributed by atoms with Crippen molar-refractivity contribution in [2.24, 2.45) is 0 Å². The lowest BCUT2D eigenvalue weighted by Gasteiger charge is -2.05. The van der Waals surface area contributed by atoms with Gasteiger partial charge >= 0.3 is 0 Å². The van der Waals surface area contributed by atoms with Crippen LogP contribution in [0.15, 0.2) is 33.7 Å². The SMILES string of the molecule is Nc1cc(-c2ccc(S(=O)(=O)C3CC3)c(F)c2)no1. The van der Waals surface area contributed by atoms with Crippen LogP contribution in [0.4, 0.5) is 10.3 Å². The van der Waals surface area contributed by atoms with E-state index >= 15 is 0 Å². The Morgan fingerprint density at radius 1 is 1.32 bits per heavy atom. The molecule has 2 aromatic rings. The van der Waals surface area contributed by atoms with Crippen molar-refractivity contribution in [3.8, 4) is 11.3 Å². The van der Waals surface area contributed by atoms with Crippen LogP contribution in [0.2, 0.25) is 0 Å². The highest BCUT2D eigenvalue weighted by molar-refractivity contribution is 7.92. The monoisotopic (exact) mass is 282 g/mol. The Hall–Kier alpha value is -1.89. The number of hydrogen-bond acceptors (Lipinski definition) is 5. The van der Waals surface area contributed by atoms with Gasteiger partial charge in [-0.25, -0.2) is 12.8 Å². The summed E-state index contributed by atoms with van der Waals surface area (Å²) in [5, 5.41) is 3.22. The topological polar surface area (TPSA) is 86.2 Å². The molecule has 5 nitrogen and oxygen atoms in total. The first-order chi connectivity index (χ1) is 8.98. The molecular formula is C12H11FN2O3S. The first-order valence-electron chi connectivity index (χ1n) is 5.74. The maximum absolute atomic E-state index is 14.0. The summed E-state index contributed by atoms with van der Waals surface area (Å²) >= 11 is 0. The first kappa shape index (κ1) is 12.2. The third-order valence-electron chi connectivity index (χ3n) is 3.03. The highest BCUT2D eigenvalue weighted by atomic mass is 32.2. The predicted molar refractivity (Wildman–Crippen MR) is 66.5 cm³/mol. The molecule has 0 aliphatic heterocycles. The maximum Gasteiger partial charge on any atom is 0.222 e. The van der Waals surface area contributed by atoms with Crippen LogP contribution < -0.4 is 5.73 Å². The largest absolute Gasteiger partial charge is 0.368 e. The number of hydrogen-bond donors (Lipinski definition) is 1. The molecule has 1 saturated carbocycles. The lowest BCUT2D eigenvalue weighted by atomic mass is 10.1. The molecule has 0 radical (unpaired) electrons. The van der Waals surface area contributed by atoms with Crippen LogP contribution in [0.3, 0.4) is 0 Å². The molecule has 1 aliphatic rings. The lowest BCUT2D eigenvalue weighted by molar-refractivity contribution is 0.439. The van der Waals surface area contributed by atoms with E-state index in [1.54, 1.807) is 0 Å². The van der Waals surface area contributed by atoms with Crippen LogP contribution in [0.5, 0.6) is 0 Å². The van der Waals surface area contributed by atoms with Crippen molar-refractivity contribution >= 4 is 15.7 Å². The fraction of sp³-hybridized carbons (Fsp3) is 0.250. The van der Waals surface area contributed by atoms with Gasteiger partial charge in [0.2, 0.25) is 5.88 Å². The van der Waals surface area contributed by atoms with Crippen LogP contribution >= 0.6 is 0 Å². The van der Waals surface area contributed by atoms with Crippen molar-refractivity contribution in [1.29, 1.82) is 0 Å². The van der Waals surface area contributed by atoms with E-state index in [0.29, 0.717) is 24.1 Å². The van der Waals surface area contributed by atoms with Crippen molar-refractivity contribution in [3.05, 3.63) is 30.1 Å². The zero-order chi connectivity index (χ0) is 13.6. The molecule has 19 heavy (non-hydrogen) atoms. The van der Waals surface area contributed by atoms with Crippen molar-refractivity contribution in [2.75, 3.05) is 5.73 Å². The summed E-state index contributed by atoms with van der Waals surface area (Å²) in [5.41, 5.74) is 6.17. The van der Waals surface area contributed by atoms with Gasteiger partial charge in [0.25, 0.3) is 0 Å². The van der Waals surface area contributed by atoms with Gasteiger partial charge in [0.05, 0.1) is 5.25 Å². The molecule has 0 saturated heterocycles. The highest BCUT2D eigenvalue weighted by Crippen LogP contribution is 2.35. The third-order valence-corrected chi connectivity index (χ3v) is 5.32. The zero-order valence-electron chi connectivity index (χ0n) is 9.84. The Morgan fingerprint density at radius 2 is 2.05 bits per heavy atom. The van der Waals surface area contributed by atoms with E-state index in [1.165, 1.54) is 18.2 Å². The molecular weight excluding hydrogens is 271 g/mol. The van der Waals surface area contributed by atoms with Crippen LogP contribution in [0, 0.1) is 5.82 Å². The molecule has 0 unspecified atom stereocenters. The number of rotatable bonds is 3. The second-order valence-corrected chi connectivity index (χ2v) is 6.70. The number of sulfone groups is 1. The molecule has 0 amide bonds. The van der Waals surface area contributed by atoms with E-state index in [-0.39, 0.29) is 10.8 Å². The van der Waals surface area contributed by atoms with Gasteiger partial charge in [0, 0.05) is 11.6 Å². The van der Waals surface area contributed by atoms with Gasteiger partial charge in [-0.05, 0) is 25.0 Å². The summed E-state index contributed by atoms with van der Waals surface area (Å²) in [5.74, 6) is -0.656. The Balaban J connectivity index is 2.03. The molecule has 7 heteroatoms. The molecule has 2 N–H and O–H groups in total. The quantitative estimate of drug-likeness (QED) is 0.930. The van der Waals surface area contributed by atoms with Gasteiger partial charge in [-0.1, -0.05) is 11.2 Å². The lowest BCUT2D eigenvalue weighted by Crippen LogP contribution is -2.09. The van der Waals surface area contributed by atoms with Gasteiger partial charge in [-0.2, -0.15) is 0 Å². The molecule has 1 heterocycles. The van der Waals surface area contributed by atoms with Crippen molar-refractivity contribution in [2.45, 2.75) is 23.0 Å². The average Bonchev–Trinajstić information content (AvgIpc) is 3.12. The van der Waals surface area contributed by atoms with Gasteiger partial charge in [-0.15, -0.1) is 0 Å². The summed E-state index contributed by atoms with van der Waals surface area (Å²) in [4.78, 5) is -0.254. The second-order valence-electron chi connectivity index (χ2n) is 4.50. The van der Waals surface area contributed by atoms with Crippen molar-refractivity contribution in [3.63, 3.8) is 0 Å². The minimum Gasteiger partial charge on any atom is -0.368 e. The van der Waals surface area contributed by atoms with Gasteiger partial charge in [0.15, 0.2) is 9.84 Å². The minimum absolute atomic E-state index is 0.116. The third kappa shape index (κ3) is 2.10. The smallest absolute Gasteiger partial charge is 0.222 e. The van der Waals surface area contributed by atoms with Crippen LogP contribution in [-0.2, 0) is 9.84 Å². The summed E-state index contributed by atoms with van der Waals surface area (Å²) < 4.78 is 42.6. The first-order valence-corrected chi connectivity index (χ1v) is 7.29. The Labute approximate surface area is 109 Å². The molecule has 100 valence electrons. The highest BCUT2D eigenvalue weighted by Gasteiger charge is 2.38. The number of benzene rings is 1. The Morgan fingerprint density at radius 3 is 2.58 bits per heavy atom. The van der Waals surface area contributed by atoms with Crippen LogP contribution in [-0.4, -0.2) is 18.8 Å². The fourth-order valence-electron chi connectivity index (χ4n) is 1.87. The number of nitrogen functional groups attached to an aromatic ring is 1. The van der Waals surface area contributed by atoms with E-state index in [4.69, 9.17) is 10.3 Å². The second kappa shape index (κ2) is 4.06. The normalized spacial score (nSPS) is 15.6. The molecule has 3 rings (SSSR count).